The van der Waals surface area contributed by atoms with E-state index in [-0.39, 0.29) is 11.7 Å². The van der Waals surface area contributed by atoms with E-state index in [1.165, 1.54) is 11.8 Å². The molecule has 1 heterocycles. The maximum atomic E-state index is 11.6. The van der Waals surface area contributed by atoms with Crippen LogP contribution in [0.1, 0.15) is 5.56 Å². The van der Waals surface area contributed by atoms with Crippen molar-refractivity contribution in [3.05, 3.63) is 48.3 Å². The Labute approximate surface area is 126 Å². The van der Waals surface area contributed by atoms with Crippen LogP contribution in [0.3, 0.4) is 0 Å². The first-order valence-corrected chi connectivity index (χ1v) is 7.12. The standard InChI is InChI=1S/C14H14N4O2S/c1-20-12-8-15-14(16-9-12)21-10-13(19)18-17-7-11-5-3-2-4-6-11/h2-9H,10H2,1H3,(H,18,19). The minimum atomic E-state index is -0.216. The van der Waals surface area contributed by atoms with Crippen LogP contribution < -0.4 is 10.2 Å². The molecule has 0 bridgehead atoms. The molecule has 21 heavy (non-hydrogen) atoms. The monoisotopic (exact) mass is 302 g/mol. The molecule has 0 aliphatic carbocycles. The van der Waals surface area contributed by atoms with Crippen molar-refractivity contribution in [2.75, 3.05) is 12.9 Å². The third kappa shape index (κ3) is 5.23. The van der Waals surface area contributed by atoms with Crippen LogP contribution in [-0.2, 0) is 4.79 Å². The normalized spacial score (nSPS) is 10.5. The van der Waals surface area contributed by atoms with Gasteiger partial charge in [-0.1, -0.05) is 42.1 Å². The van der Waals surface area contributed by atoms with Crippen LogP contribution in [0.4, 0.5) is 0 Å². The summed E-state index contributed by atoms with van der Waals surface area (Å²) in [5.41, 5.74) is 3.37. The highest BCUT2D eigenvalue weighted by Crippen LogP contribution is 2.14. The van der Waals surface area contributed by atoms with E-state index in [0.717, 1.165) is 5.56 Å². The fourth-order valence-corrected chi connectivity index (χ4v) is 1.94. The number of thioether (sulfide) groups is 1. The van der Waals surface area contributed by atoms with Gasteiger partial charge < -0.3 is 4.74 Å². The SMILES string of the molecule is COc1cnc(SCC(=O)NN=Cc2ccccc2)nc1. The average molecular weight is 302 g/mol. The number of hydrazone groups is 1. The molecule has 0 atom stereocenters. The zero-order chi connectivity index (χ0) is 14.9. The van der Waals surface area contributed by atoms with Gasteiger partial charge in [0.2, 0.25) is 0 Å². The highest BCUT2D eigenvalue weighted by atomic mass is 32.2. The Bertz CT molecular complexity index is 602. The second-order valence-electron chi connectivity index (χ2n) is 3.90. The van der Waals surface area contributed by atoms with Crippen LogP contribution in [0, 0.1) is 0 Å². The van der Waals surface area contributed by atoms with Crippen LogP contribution >= 0.6 is 11.8 Å². The van der Waals surface area contributed by atoms with Crippen molar-refractivity contribution in [3.8, 4) is 5.75 Å². The lowest BCUT2D eigenvalue weighted by molar-refractivity contribution is -0.118. The van der Waals surface area contributed by atoms with Crippen molar-refractivity contribution in [2.24, 2.45) is 5.10 Å². The van der Waals surface area contributed by atoms with Crippen molar-refractivity contribution < 1.29 is 9.53 Å². The molecule has 0 saturated heterocycles. The summed E-state index contributed by atoms with van der Waals surface area (Å²) >= 11 is 1.23. The topological polar surface area (TPSA) is 76.5 Å². The molecule has 0 spiro atoms. The first-order valence-electron chi connectivity index (χ1n) is 6.13. The molecule has 108 valence electrons. The van der Waals surface area contributed by atoms with Gasteiger partial charge in [0.1, 0.15) is 0 Å². The number of amides is 1. The summed E-state index contributed by atoms with van der Waals surface area (Å²) < 4.78 is 4.96. The van der Waals surface area contributed by atoms with Gasteiger partial charge >= 0.3 is 0 Å². The Hall–Kier alpha value is -2.41. The van der Waals surface area contributed by atoms with Crippen LogP contribution in [0.15, 0.2) is 53.0 Å². The maximum absolute atomic E-state index is 11.6. The molecule has 0 aliphatic heterocycles. The predicted octanol–water partition coefficient (Wildman–Crippen LogP) is 1.73. The number of rotatable bonds is 6. The molecule has 1 aromatic carbocycles. The van der Waals surface area contributed by atoms with E-state index >= 15 is 0 Å². The second kappa shape index (κ2) is 8.01. The summed E-state index contributed by atoms with van der Waals surface area (Å²) in [7, 11) is 1.55. The number of carbonyl (C=O) groups is 1. The number of ether oxygens (including phenoxy) is 1. The van der Waals surface area contributed by atoms with Gasteiger partial charge in [-0.15, -0.1) is 0 Å². The molecule has 7 heteroatoms. The first-order chi connectivity index (χ1) is 10.3. The van der Waals surface area contributed by atoms with Gasteiger partial charge in [0.15, 0.2) is 10.9 Å². The minimum absolute atomic E-state index is 0.193. The zero-order valence-electron chi connectivity index (χ0n) is 11.4. The van der Waals surface area contributed by atoms with Crippen molar-refractivity contribution in [1.82, 2.24) is 15.4 Å². The fraction of sp³-hybridized carbons (Fsp3) is 0.143. The number of carbonyl (C=O) groups excluding carboxylic acids is 1. The van der Waals surface area contributed by atoms with Crippen molar-refractivity contribution in [2.45, 2.75) is 5.16 Å². The summed E-state index contributed by atoms with van der Waals surface area (Å²) in [5, 5.41) is 4.39. The van der Waals surface area contributed by atoms with Gasteiger partial charge in [-0.3, -0.25) is 4.79 Å². The minimum Gasteiger partial charge on any atom is -0.494 e. The summed E-state index contributed by atoms with van der Waals surface area (Å²) in [6, 6.07) is 9.52. The van der Waals surface area contributed by atoms with E-state index in [2.05, 4.69) is 20.5 Å². The predicted molar refractivity (Wildman–Crippen MR) is 81.5 cm³/mol. The third-order valence-electron chi connectivity index (χ3n) is 2.37. The van der Waals surface area contributed by atoms with Gasteiger partial charge in [-0.2, -0.15) is 5.10 Å². The number of benzene rings is 1. The lowest BCUT2D eigenvalue weighted by atomic mass is 10.2. The van der Waals surface area contributed by atoms with E-state index in [4.69, 9.17) is 4.74 Å². The number of hydrogen-bond acceptors (Lipinski definition) is 6. The van der Waals surface area contributed by atoms with Gasteiger partial charge in [0, 0.05) is 0 Å². The highest BCUT2D eigenvalue weighted by molar-refractivity contribution is 7.99. The quantitative estimate of drug-likeness (QED) is 0.380. The number of hydrogen-bond donors (Lipinski definition) is 1. The molecule has 1 aromatic heterocycles. The van der Waals surface area contributed by atoms with Gasteiger partial charge in [-0.25, -0.2) is 15.4 Å². The Morgan fingerprint density at radius 3 is 2.71 bits per heavy atom. The molecule has 0 saturated carbocycles. The molecule has 0 radical (unpaired) electrons. The lowest BCUT2D eigenvalue weighted by Gasteiger charge is -2.01. The molecular formula is C14H14N4O2S. The smallest absolute Gasteiger partial charge is 0.250 e. The van der Waals surface area contributed by atoms with Gasteiger partial charge in [0.25, 0.3) is 5.91 Å². The molecule has 0 fully saturated rings. The Kier molecular flexibility index (Phi) is 5.71. The fourth-order valence-electron chi connectivity index (χ4n) is 1.36. The maximum Gasteiger partial charge on any atom is 0.250 e. The van der Waals surface area contributed by atoms with Crippen molar-refractivity contribution in [1.29, 1.82) is 0 Å². The third-order valence-corrected chi connectivity index (χ3v) is 3.25. The van der Waals surface area contributed by atoms with E-state index in [9.17, 15) is 4.79 Å². The Balaban J connectivity index is 1.75. The molecule has 1 amide bonds. The molecule has 1 N–H and O–H groups in total. The van der Waals surface area contributed by atoms with Crippen LogP contribution in [0.2, 0.25) is 0 Å². The summed E-state index contributed by atoms with van der Waals surface area (Å²) in [5.74, 6) is 0.557. The zero-order valence-corrected chi connectivity index (χ0v) is 12.2. The van der Waals surface area contributed by atoms with E-state index < -0.39 is 0 Å². The molecule has 6 nitrogen and oxygen atoms in total. The van der Waals surface area contributed by atoms with E-state index in [0.29, 0.717) is 10.9 Å². The average Bonchev–Trinajstić information content (AvgIpc) is 2.54. The van der Waals surface area contributed by atoms with E-state index in [1.54, 1.807) is 25.7 Å². The number of aromatic nitrogens is 2. The summed E-state index contributed by atoms with van der Waals surface area (Å²) in [4.78, 5) is 19.7. The van der Waals surface area contributed by atoms with Crippen LogP contribution in [-0.4, -0.2) is 35.0 Å². The van der Waals surface area contributed by atoms with Gasteiger partial charge in [-0.05, 0) is 5.56 Å². The molecule has 0 aliphatic rings. The largest absolute Gasteiger partial charge is 0.494 e. The lowest BCUT2D eigenvalue weighted by Crippen LogP contribution is -2.19. The highest BCUT2D eigenvalue weighted by Gasteiger charge is 2.04. The Morgan fingerprint density at radius 2 is 2.05 bits per heavy atom. The van der Waals surface area contributed by atoms with Crippen LogP contribution in [0.5, 0.6) is 5.75 Å². The number of methoxy groups -OCH3 is 1. The van der Waals surface area contributed by atoms with Crippen LogP contribution in [0.25, 0.3) is 0 Å². The van der Waals surface area contributed by atoms with Gasteiger partial charge in [0.05, 0.1) is 31.5 Å². The van der Waals surface area contributed by atoms with Crippen molar-refractivity contribution >= 4 is 23.9 Å². The summed E-state index contributed by atoms with van der Waals surface area (Å²) in [6.07, 6.45) is 4.70. The molecule has 2 aromatic rings. The second-order valence-corrected chi connectivity index (χ2v) is 4.84. The first kappa shape index (κ1) is 15.0. The summed E-state index contributed by atoms with van der Waals surface area (Å²) in [6.45, 7) is 0. The van der Waals surface area contributed by atoms with E-state index in [1.807, 2.05) is 30.3 Å². The molecule has 2 rings (SSSR count). The number of nitrogens with one attached hydrogen (secondary N) is 1. The Morgan fingerprint density at radius 1 is 1.33 bits per heavy atom. The number of nitrogens with zero attached hydrogens (tertiary/aromatic N) is 3. The van der Waals surface area contributed by atoms with Crippen molar-refractivity contribution in [3.63, 3.8) is 0 Å². The molecular weight excluding hydrogens is 288 g/mol. The molecule has 0 unspecified atom stereocenters.